The predicted molar refractivity (Wildman–Crippen MR) is 63.9 cm³/mol. The summed E-state index contributed by atoms with van der Waals surface area (Å²) in [6.45, 7) is 0.593. The van der Waals surface area contributed by atoms with Crippen LogP contribution < -0.4 is 5.32 Å². The Bertz CT molecular complexity index is 317. The number of esters is 1. The van der Waals surface area contributed by atoms with Gasteiger partial charge in [-0.3, -0.25) is 4.79 Å². The van der Waals surface area contributed by atoms with E-state index in [-0.39, 0.29) is 23.6 Å². The first-order valence-electron chi connectivity index (χ1n) is 5.73. The number of hydrogen-bond donors (Lipinski definition) is 1. The molecule has 0 aromatic rings. The molecule has 1 amide bonds. The van der Waals surface area contributed by atoms with E-state index in [2.05, 4.69) is 5.32 Å². The summed E-state index contributed by atoms with van der Waals surface area (Å²) in [7, 11) is 1.43. The number of nitrogens with one attached hydrogen (secondary N) is 1. The summed E-state index contributed by atoms with van der Waals surface area (Å²) < 4.78 is 9.73. The second kappa shape index (κ2) is 5.16. The van der Waals surface area contributed by atoms with Crippen molar-refractivity contribution in [1.29, 1.82) is 0 Å². The fraction of sp³-hybridized carbons (Fsp3) is 0.818. The molecule has 2 rings (SSSR count). The highest BCUT2D eigenvalue weighted by Gasteiger charge is 2.44. The second-order valence-electron chi connectivity index (χ2n) is 4.68. The van der Waals surface area contributed by atoms with Gasteiger partial charge in [0.05, 0.1) is 20.1 Å². The normalized spacial score (nSPS) is 25.0. The van der Waals surface area contributed by atoms with Crippen molar-refractivity contribution >= 4 is 23.8 Å². The number of methoxy groups -OCH3 is 1. The highest BCUT2D eigenvalue weighted by atomic mass is 32.2. The van der Waals surface area contributed by atoms with Crippen molar-refractivity contribution in [2.45, 2.75) is 25.4 Å². The van der Waals surface area contributed by atoms with E-state index in [0.29, 0.717) is 13.0 Å². The summed E-state index contributed by atoms with van der Waals surface area (Å²) in [6, 6.07) is 0. The lowest BCUT2D eigenvalue weighted by atomic mass is 10.1. The van der Waals surface area contributed by atoms with Gasteiger partial charge in [-0.2, -0.15) is 11.8 Å². The Morgan fingerprint density at radius 2 is 2.41 bits per heavy atom. The van der Waals surface area contributed by atoms with Crippen LogP contribution in [-0.4, -0.2) is 43.3 Å². The van der Waals surface area contributed by atoms with E-state index in [1.165, 1.54) is 7.11 Å². The first-order chi connectivity index (χ1) is 8.13. The van der Waals surface area contributed by atoms with Crippen LogP contribution in [0.3, 0.4) is 0 Å². The maximum absolute atomic E-state index is 11.2. The number of ether oxygens (including phenoxy) is 2. The first kappa shape index (κ1) is 12.5. The van der Waals surface area contributed by atoms with Gasteiger partial charge in [-0.15, -0.1) is 0 Å². The largest absolute Gasteiger partial charge is 0.469 e. The molecule has 96 valence electrons. The third-order valence-electron chi connectivity index (χ3n) is 3.16. The maximum atomic E-state index is 11.2. The molecule has 0 spiro atoms. The van der Waals surface area contributed by atoms with E-state index >= 15 is 0 Å². The molecule has 1 atom stereocenters. The monoisotopic (exact) mass is 259 g/mol. The van der Waals surface area contributed by atoms with Crippen LogP contribution in [-0.2, 0) is 14.3 Å². The second-order valence-corrected chi connectivity index (χ2v) is 5.71. The van der Waals surface area contributed by atoms with Crippen molar-refractivity contribution in [3.63, 3.8) is 0 Å². The standard InChI is InChI=1S/C11H17NO4S/c1-15-9(13)4-11(2-3-11)7-17-6-8-5-12-10(14)16-8/h8H,2-7H2,1H3,(H,12,14). The Balaban J connectivity index is 1.64. The summed E-state index contributed by atoms with van der Waals surface area (Å²) in [5.41, 5.74) is 0.147. The van der Waals surface area contributed by atoms with Gasteiger partial charge in [-0.25, -0.2) is 4.79 Å². The number of rotatable bonds is 6. The molecule has 1 aliphatic carbocycles. The highest BCUT2D eigenvalue weighted by Crippen LogP contribution is 2.51. The zero-order valence-electron chi connectivity index (χ0n) is 9.86. The number of hydrogen-bond acceptors (Lipinski definition) is 5. The third-order valence-corrected chi connectivity index (χ3v) is 4.59. The van der Waals surface area contributed by atoms with E-state index in [1.54, 1.807) is 11.8 Å². The van der Waals surface area contributed by atoms with Crippen molar-refractivity contribution in [3.05, 3.63) is 0 Å². The molecule has 0 aromatic carbocycles. The van der Waals surface area contributed by atoms with Crippen LogP contribution in [0.4, 0.5) is 4.79 Å². The Kier molecular flexibility index (Phi) is 3.81. The number of carbonyl (C=O) groups excluding carboxylic acids is 2. The molecule has 0 bridgehead atoms. The highest BCUT2D eigenvalue weighted by molar-refractivity contribution is 7.99. The Labute approximate surface area is 105 Å². The van der Waals surface area contributed by atoms with Crippen LogP contribution in [0.25, 0.3) is 0 Å². The van der Waals surface area contributed by atoms with Gasteiger partial charge in [0.1, 0.15) is 6.10 Å². The van der Waals surface area contributed by atoms with Gasteiger partial charge in [-0.1, -0.05) is 0 Å². The molecule has 0 radical (unpaired) electrons. The third kappa shape index (κ3) is 3.52. The Hall–Kier alpha value is -0.910. The van der Waals surface area contributed by atoms with Gasteiger partial charge in [0.25, 0.3) is 0 Å². The molecule has 2 fully saturated rings. The molecular formula is C11H17NO4S. The van der Waals surface area contributed by atoms with Crippen LogP contribution in [0, 0.1) is 5.41 Å². The molecule has 1 N–H and O–H groups in total. The van der Waals surface area contributed by atoms with E-state index < -0.39 is 0 Å². The fourth-order valence-electron chi connectivity index (χ4n) is 1.86. The van der Waals surface area contributed by atoms with Crippen molar-refractivity contribution in [2.75, 3.05) is 25.2 Å². The average molecular weight is 259 g/mol. The fourth-order valence-corrected chi connectivity index (χ4v) is 3.25. The zero-order chi connectivity index (χ0) is 12.3. The van der Waals surface area contributed by atoms with Gasteiger partial charge in [0.2, 0.25) is 0 Å². The maximum Gasteiger partial charge on any atom is 0.407 e. The molecule has 1 saturated heterocycles. The first-order valence-corrected chi connectivity index (χ1v) is 6.88. The smallest absolute Gasteiger partial charge is 0.407 e. The molecular weight excluding hydrogens is 242 g/mol. The number of alkyl carbamates (subject to hydrolysis) is 1. The number of carbonyl (C=O) groups is 2. The minimum Gasteiger partial charge on any atom is -0.469 e. The molecule has 6 heteroatoms. The van der Waals surface area contributed by atoms with Gasteiger partial charge in [-0.05, 0) is 24.0 Å². The molecule has 5 nitrogen and oxygen atoms in total. The van der Waals surface area contributed by atoms with Gasteiger partial charge in [0, 0.05) is 5.75 Å². The minimum absolute atomic E-state index is 0.0265. The Morgan fingerprint density at radius 1 is 1.65 bits per heavy atom. The molecule has 2 aliphatic rings. The molecule has 17 heavy (non-hydrogen) atoms. The van der Waals surface area contributed by atoms with E-state index in [4.69, 9.17) is 9.47 Å². The summed E-state index contributed by atoms with van der Waals surface area (Å²) >= 11 is 1.75. The van der Waals surface area contributed by atoms with Crippen LogP contribution >= 0.6 is 11.8 Å². The summed E-state index contributed by atoms with van der Waals surface area (Å²) in [4.78, 5) is 22.0. The SMILES string of the molecule is COC(=O)CC1(CSCC2CNC(=O)O2)CC1. The van der Waals surface area contributed by atoms with Crippen molar-refractivity contribution in [2.24, 2.45) is 5.41 Å². The predicted octanol–water partition coefficient (Wildman–Crippen LogP) is 1.17. The van der Waals surface area contributed by atoms with Gasteiger partial charge in [0.15, 0.2) is 0 Å². The number of amides is 1. The average Bonchev–Trinajstić information content (AvgIpc) is 2.93. The van der Waals surface area contributed by atoms with Crippen molar-refractivity contribution < 1.29 is 19.1 Å². The lowest BCUT2D eigenvalue weighted by Gasteiger charge is -2.14. The van der Waals surface area contributed by atoms with Gasteiger partial charge >= 0.3 is 12.1 Å². The van der Waals surface area contributed by atoms with Crippen molar-refractivity contribution in [1.82, 2.24) is 5.32 Å². The lowest BCUT2D eigenvalue weighted by Crippen LogP contribution is -2.19. The molecule has 1 unspecified atom stereocenters. The van der Waals surface area contributed by atoms with Crippen LogP contribution in [0.2, 0.25) is 0 Å². The quantitative estimate of drug-likeness (QED) is 0.725. The summed E-state index contributed by atoms with van der Waals surface area (Å²) in [6.07, 6.45) is 2.35. The molecule has 1 saturated carbocycles. The molecule has 0 aromatic heterocycles. The van der Waals surface area contributed by atoms with Gasteiger partial charge < -0.3 is 14.8 Å². The number of cyclic esters (lactones) is 1. The van der Waals surface area contributed by atoms with E-state index in [9.17, 15) is 9.59 Å². The van der Waals surface area contributed by atoms with Crippen molar-refractivity contribution in [3.8, 4) is 0 Å². The van der Waals surface area contributed by atoms with Crippen LogP contribution in [0.1, 0.15) is 19.3 Å². The Morgan fingerprint density at radius 3 is 2.94 bits per heavy atom. The summed E-state index contributed by atoms with van der Waals surface area (Å²) in [5.74, 6) is 1.61. The minimum atomic E-state index is -0.328. The number of thioether (sulfide) groups is 1. The lowest BCUT2D eigenvalue weighted by molar-refractivity contribution is -0.141. The summed E-state index contributed by atoms with van der Waals surface area (Å²) in [5, 5.41) is 2.63. The van der Waals surface area contributed by atoms with Crippen LogP contribution in [0.5, 0.6) is 0 Å². The van der Waals surface area contributed by atoms with E-state index in [1.807, 2.05) is 0 Å². The molecule has 1 aliphatic heterocycles. The topological polar surface area (TPSA) is 64.6 Å². The van der Waals surface area contributed by atoms with E-state index in [0.717, 1.165) is 24.3 Å². The zero-order valence-corrected chi connectivity index (χ0v) is 10.7. The van der Waals surface area contributed by atoms with Crippen LogP contribution in [0.15, 0.2) is 0 Å². The molecule has 1 heterocycles.